The van der Waals surface area contributed by atoms with E-state index in [0.29, 0.717) is 10.3 Å². The van der Waals surface area contributed by atoms with Crippen LogP contribution in [0.4, 0.5) is 5.13 Å². The number of benzene rings is 1. The van der Waals surface area contributed by atoms with E-state index in [2.05, 4.69) is 52.5 Å². The summed E-state index contributed by atoms with van der Waals surface area (Å²) in [6, 6.07) is 11.9. The Kier molecular flexibility index (Phi) is 4.91. The van der Waals surface area contributed by atoms with Crippen LogP contribution in [0.2, 0.25) is 0 Å². The van der Waals surface area contributed by atoms with E-state index >= 15 is 0 Å². The second-order valence-electron chi connectivity index (χ2n) is 6.09. The molecule has 0 atom stereocenters. The van der Waals surface area contributed by atoms with Crippen LogP contribution in [0.25, 0.3) is 16.9 Å². The molecule has 8 heteroatoms. The molecule has 3 heterocycles. The van der Waals surface area contributed by atoms with Gasteiger partial charge >= 0.3 is 0 Å². The van der Waals surface area contributed by atoms with Crippen molar-refractivity contribution in [2.75, 3.05) is 11.1 Å². The molecule has 3 aromatic heterocycles. The van der Waals surface area contributed by atoms with E-state index in [1.807, 2.05) is 34.2 Å². The van der Waals surface area contributed by atoms with Gasteiger partial charge in [0.1, 0.15) is 0 Å². The Hall–Kier alpha value is -2.71. The number of anilines is 1. The SMILES string of the molecule is Cc1ccc(-c2csc(NC(=O)CSc3nnc4ccccn34)n2)cc1C. The van der Waals surface area contributed by atoms with Crippen molar-refractivity contribution in [1.29, 1.82) is 0 Å². The van der Waals surface area contributed by atoms with Crippen LogP contribution in [-0.4, -0.2) is 31.2 Å². The number of fused-ring (bicyclic) bond motifs is 1. The van der Waals surface area contributed by atoms with Gasteiger partial charge in [0.25, 0.3) is 0 Å². The lowest BCUT2D eigenvalue weighted by atomic mass is 10.1. The highest BCUT2D eigenvalue weighted by Crippen LogP contribution is 2.26. The van der Waals surface area contributed by atoms with Gasteiger partial charge in [0.05, 0.1) is 11.4 Å². The second-order valence-corrected chi connectivity index (χ2v) is 7.89. The van der Waals surface area contributed by atoms with E-state index < -0.39 is 0 Å². The van der Waals surface area contributed by atoms with Crippen LogP contribution in [0.1, 0.15) is 11.1 Å². The molecule has 27 heavy (non-hydrogen) atoms. The standard InChI is InChI=1S/C19H17N5OS2/c1-12-6-7-14(9-13(12)2)15-10-26-18(20-15)21-17(25)11-27-19-23-22-16-5-3-4-8-24(16)19/h3-10H,11H2,1-2H3,(H,20,21,25). The summed E-state index contributed by atoms with van der Waals surface area (Å²) in [5.41, 5.74) is 5.16. The normalized spacial score (nSPS) is 11.0. The zero-order chi connectivity index (χ0) is 18.8. The molecule has 1 N–H and O–H groups in total. The van der Waals surface area contributed by atoms with Crippen molar-refractivity contribution in [1.82, 2.24) is 19.6 Å². The largest absolute Gasteiger partial charge is 0.301 e. The Labute approximate surface area is 164 Å². The van der Waals surface area contributed by atoms with Crippen LogP contribution < -0.4 is 5.32 Å². The smallest absolute Gasteiger partial charge is 0.236 e. The Morgan fingerprint density at radius 3 is 2.93 bits per heavy atom. The lowest BCUT2D eigenvalue weighted by Crippen LogP contribution is -2.14. The number of nitrogens with one attached hydrogen (secondary N) is 1. The third-order valence-electron chi connectivity index (χ3n) is 4.17. The van der Waals surface area contributed by atoms with Crippen molar-refractivity contribution < 1.29 is 4.79 Å². The molecular weight excluding hydrogens is 378 g/mol. The van der Waals surface area contributed by atoms with Gasteiger partial charge in [-0.25, -0.2) is 4.98 Å². The Balaban J connectivity index is 1.40. The molecule has 0 bridgehead atoms. The minimum Gasteiger partial charge on any atom is -0.301 e. The van der Waals surface area contributed by atoms with Crippen LogP contribution in [-0.2, 0) is 4.79 Å². The first kappa shape index (κ1) is 17.7. The van der Waals surface area contributed by atoms with Gasteiger partial charge in [0.15, 0.2) is 15.9 Å². The third-order valence-corrected chi connectivity index (χ3v) is 5.87. The molecule has 0 radical (unpaired) electrons. The zero-order valence-electron chi connectivity index (χ0n) is 14.8. The van der Waals surface area contributed by atoms with E-state index in [1.54, 1.807) is 0 Å². The van der Waals surface area contributed by atoms with Crippen molar-refractivity contribution in [2.24, 2.45) is 0 Å². The lowest BCUT2D eigenvalue weighted by Gasteiger charge is -2.03. The maximum absolute atomic E-state index is 12.3. The van der Waals surface area contributed by atoms with Gasteiger partial charge in [-0.05, 0) is 43.2 Å². The first-order valence-corrected chi connectivity index (χ1v) is 10.2. The number of aromatic nitrogens is 4. The Morgan fingerprint density at radius 2 is 2.07 bits per heavy atom. The number of hydrogen-bond acceptors (Lipinski definition) is 6. The summed E-state index contributed by atoms with van der Waals surface area (Å²) in [5, 5.41) is 14.3. The van der Waals surface area contributed by atoms with E-state index in [0.717, 1.165) is 16.9 Å². The summed E-state index contributed by atoms with van der Waals surface area (Å²) in [7, 11) is 0. The number of carbonyl (C=O) groups is 1. The van der Waals surface area contributed by atoms with E-state index in [-0.39, 0.29) is 11.7 Å². The number of pyridine rings is 1. The zero-order valence-corrected chi connectivity index (χ0v) is 16.5. The van der Waals surface area contributed by atoms with E-state index in [9.17, 15) is 4.79 Å². The molecule has 1 amide bonds. The Morgan fingerprint density at radius 1 is 1.19 bits per heavy atom. The number of amides is 1. The molecule has 4 rings (SSSR count). The Bertz CT molecular complexity index is 1120. The second kappa shape index (κ2) is 7.50. The van der Waals surface area contributed by atoms with Gasteiger partial charge in [0, 0.05) is 17.1 Å². The maximum Gasteiger partial charge on any atom is 0.236 e. The topological polar surface area (TPSA) is 72.2 Å². The highest BCUT2D eigenvalue weighted by Gasteiger charge is 2.11. The van der Waals surface area contributed by atoms with Crippen LogP contribution in [0.15, 0.2) is 53.1 Å². The van der Waals surface area contributed by atoms with Gasteiger partial charge in [0.2, 0.25) is 5.91 Å². The minimum absolute atomic E-state index is 0.117. The molecule has 136 valence electrons. The highest BCUT2D eigenvalue weighted by atomic mass is 32.2. The van der Waals surface area contributed by atoms with Crippen molar-refractivity contribution >= 4 is 39.8 Å². The molecule has 0 saturated heterocycles. The average molecular weight is 396 g/mol. The van der Waals surface area contributed by atoms with Gasteiger partial charge < -0.3 is 5.32 Å². The fraction of sp³-hybridized carbons (Fsp3) is 0.158. The molecule has 0 aliphatic carbocycles. The summed E-state index contributed by atoms with van der Waals surface area (Å²) in [6.45, 7) is 4.17. The van der Waals surface area contributed by atoms with Crippen molar-refractivity contribution in [3.8, 4) is 11.3 Å². The fourth-order valence-electron chi connectivity index (χ4n) is 2.57. The van der Waals surface area contributed by atoms with Crippen molar-refractivity contribution in [3.63, 3.8) is 0 Å². The first-order chi connectivity index (χ1) is 13.1. The van der Waals surface area contributed by atoms with Crippen molar-refractivity contribution in [3.05, 3.63) is 59.1 Å². The van der Waals surface area contributed by atoms with Crippen LogP contribution in [0.5, 0.6) is 0 Å². The summed E-state index contributed by atoms with van der Waals surface area (Å²) in [5.74, 6) is 0.127. The number of hydrogen-bond donors (Lipinski definition) is 1. The van der Waals surface area contributed by atoms with Crippen LogP contribution in [0, 0.1) is 13.8 Å². The number of thioether (sulfide) groups is 1. The summed E-state index contributed by atoms with van der Waals surface area (Å²) < 4.78 is 1.86. The number of thiazole rings is 1. The average Bonchev–Trinajstić information content (AvgIpc) is 3.29. The van der Waals surface area contributed by atoms with E-state index in [4.69, 9.17) is 0 Å². The summed E-state index contributed by atoms with van der Waals surface area (Å²) in [4.78, 5) is 16.8. The maximum atomic E-state index is 12.3. The predicted molar refractivity (Wildman–Crippen MR) is 109 cm³/mol. The van der Waals surface area contributed by atoms with Gasteiger partial charge in [-0.3, -0.25) is 9.20 Å². The number of carbonyl (C=O) groups excluding carboxylic acids is 1. The van der Waals surface area contributed by atoms with Gasteiger partial charge in [-0.2, -0.15) is 0 Å². The molecule has 6 nitrogen and oxygen atoms in total. The molecule has 0 fully saturated rings. The fourth-order valence-corrected chi connectivity index (χ4v) is 4.03. The van der Waals surface area contributed by atoms with Crippen LogP contribution in [0.3, 0.4) is 0 Å². The van der Waals surface area contributed by atoms with Crippen molar-refractivity contribution in [2.45, 2.75) is 19.0 Å². The van der Waals surface area contributed by atoms with Gasteiger partial charge in [-0.1, -0.05) is 30.0 Å². The molecule has 1 aromatic carbocycles. The molecule has 0 spiro atoms. The number of aryl methyl sites for hydroxylation is 2. The molecule has 0 aliphatic heterocycles. The third kappa shape index (κ3) is 3.86. The first-order valence-electron chi connectivity index (χ1n) is 8.36. The molecule has 4 aromatic rings. The molecule has 0 saturated carbocycles. The molecule has 0 aliphatic rings. The minimum atomic E-state index is -0.117. The summed E-state index contributed by atoms with van der Waals surface area (Å²) in [6.07, 6.45) is 1.88. The van der Waals surface area contributed by atoms with E-state index in [1.165, 1.54) is 34.2 Å². The number of rotatable bonds is 5. The molecular formula is C19H17N5OS2. The van der Waals surface area contributed by atoms with Crippen LogP contribution >= 0.6 is 23.1 Å². The number of nitrogens with zero attached hydrogens (tertiary/aromatic N) is 4. The summed E-state index contributed by atoms with van der Waals surface area (Å²) >= 11 is 2.77. The predicted octanol–water partition coefficient (Wildman–Crippen LogP) is 4.20. The lowest BCUT2D eigenvalue weighted by molar-refractivity contribution is -0.113. The quantitative estimate of drug-likeness (QED) is 0.513. The van der Waals surface area contributed by atoms with Gasteiger partial charge in [-0.15, -0.1) is 21.5 Å². The monoisotopic (exact) mass is 395 g/mol. The molecule has 0 unspecified atom stereocenters. The highest BCUT2D eigenvalue weighted by molar-refractivity contribution is 7.99.